The minimum Gasteiger partial charge on any atom is -0.494 e. The Labute approximate surface area is 140 Å². The predicted molar refractivity (Wildman–Crippen MR) is 89.5 cm³/mol. The molecule has 1 aromatic heterocycles. The largest absolute Gasteiger partial charge is 0.494 e. The molecule has 3 rings (SSSR count). The maximum Gasteiger partial charge on any atom is 0.244 e. The standard InChI is InChI=1S/C18H20N4O2/c1-3-5-14-16-15(11-6-8-12(9-7-11)23-4-2)13(10-19)17(20)24-18(16)22-21-14/h6-9,15H,3-5,20H2,1-2H3,(H,21,22). The van der Waals surface area contributed by atoms with Gasteiger partial charge in [-0.1, -0.05) is 25.5 Å². The number of fused-ring (bicyclic) bond motifs is 1. The molecule has 0 fully saturated rings. The van der Waals surface area contributed by atoms with Crippen molar-refractivity contribution in [1.29, 1.82) is 5.26 Å². The van der Waals surface area contributed by atoms with Gasteiger partial charge in [0, 0.05) is 11.3 Å². The third-order valence-corrected chi connectivity index (χ3v) is 4.04. The number of rotatable bonds is 5. The molecule has 0 amide bonds. The molecule has 1 atom stereocenters. The van der Waals surface area contributed by atoms with Gasteiger partial charge in [-0.25, -0.2) is 0 Å². The van der Waals surface area contributed by atoms with Crippen LogP contribution in [0, 0.1) is 11.3 Å². The van der Waals surface area contributed by atoms with Crippen molar-refractivity contribution < 1.29 is 9.47 Å². The molecule has 2 heterocycles. The number of nitrogens with zero attached hydrogens (tertiary/aromatic N) is 2. The zero-order valence-electron chi connectivity index (χ0n) is 13.8. The van der Waals surface area contributed by atoms with E-state index in [4.69, 9.17) is 15.2 Å². The first-order chi connectivity index (χ1) is 11.7. The number of aromatic amines is 1. The zero-order valence-corrected chi connectivity index (χ0v) is 13.8. The van der Waals surface area contributed by atoms with E-state index in [0.717, 1.165) is 35.4 Å². The van der Waals surface area contributed by atoms with Gasteiger partial charge in [-0.2, -0.15) is 5.26 Å². The van der Waals surface area contributed by atoms with Crippen LogP contribution >= 0.6 is 0 Å². The summed E-state index contributed by atoms with van der Waals surface area (Å²) in [7, 11) is 0. The molecule has 0 saturated heterocycles. The average molecular weight is 324 g/mol. The van der Waals surface area contributed by atoms with E-state index < -0.39 is 0 Å². The number of nitrogens with two attached hydrogens (primary N) is 1. The molecule has 24 heavy (non-hydrogen) atoms. The summed E-state index contributed by atoms with van der Waals surface area (Å²) >= 11 is 0. The Morgan fingerprint density at radius 3 is 2.71 bits per heavy atom. The van der Waals surface area contributed by atoms with Gasteiger partial charge in [0.2, 0.25) is 11.8 Å². The van der Waals surface area contributed by atoms with E-state index in [9.17, 15) is 5.26 Å². The fourth-order valence-electron chi connectivity index (χ4n) is 3.01. The molecule has 1 aliphatic rings. The van der Waals surface area contributed by atoms with E-state index in [1.807, 2.05) is 31.2 Å². The summed E-state index contributed by atoms with van der Waals surface area (Å²) in [5.74, 6) is 1.08. The number of hydrogen-bond acceptors (Lipinski definition) is 5. The summed E-state index contributed by atoms with van der Waals surface area (Å²) in [4.78, 5) is 0. The first-order valence-corrected chi connectivity index (χ1v) is 8.07. The second-order valence-corrected chi connectivity index (χ2v) is 5.60. The number of nitrogens with one attached hydrogen (secondary N) is 1. The molecule has 2 aromatic rings. The molecule has 0 bridgehead atoms. The van der Waals surface area contributed by atoms with Gasteiger partial charge >= 0.3 is 0 Å². The van der Waals surface area contributed by atoms with Gasteiger partial charge in [0.05, 0.1) is 12.5 Å². The Morgan fingerprint density at radius 2 is 2.08 bits per heavy atom. The highest BCUT2D eigenvalue weighted by Crippen LogP contribution is 2.43. The smallest absolute Gasteiger partial charge is 0.244 e. The second-order valence-electron chi connectivity index (χ2n) is 5.60. The first kappa shape index (κ1) is 15.9. The van der Waals surface area contributed by atoms with E-state index >= 15 is 0 Å². The van der Waals surface area contributed by atoms with Crippen LogP contribution in [0.4, 0.5) is 0 Å². The van der Waals surface area contributed by atoms with Crippen molar-refractivity contribution >= 4 is 0 Å². The maximum absolute atomic E-state index is 9.59. The molecule has 1 aliphatic heterocycles. The van der Waals surface area contributed by atoms with Crippen LogP contribution < -0.4 is 15.2 Å². The normalized spacial score (nSPS) is 16.3. The first-order valence-electron chi connectivity index (χ1n) is 8.07. The minimum atomic E-state index is -0.283. The van der Waals surface area contributed by atoms with Gasteiger partial charge in [-0.05, 0) is 31.0 Å². The van der Waals surface area contributed by atoms with E-state index in [1.54, 1.807) is 0 Å². The molecule has 0 spiro atoms. The topological polar surface area (TPSA) is 97.0 Å². The number of ether oxygens (including phenoxy) is 2. The monoisotopic (exact) mass is 324 g/mol. The molecule has 6 nitrogen and oxygen atoms in total. The molecular formula is C18H20N4O2. The number of allylic oxidation sites excluding steroid dienone is 1. The highest BCUT2D eigenvalue weighted by atomic mass is 16.5. The van der Waals surface area contributed by atoms with Crippen LogP contribution in [0.3, 0.4) is 0 Å². The third kappa shape index (κ3) is 2.69. The Kier molecular flexibility index (Phi) is 4.43. The van der Waals surface area contributed by atoms with Crippen LogP contribution in [0.5, 0.6) is 11.6 Å². The van der Waals surface area contributed by atoms with Crippen molar-refractivity contribution in [2.75, 3.05) is 6.61 Å². The van der Waals surface area contributed by atoms with Crippen LogP contribution in [-0.4, -0.2) is 16.8 Å². The third-order valence-electron chi connectivity index (χ3n) is 4.04. The summed E-state index contributed by atoms with van der Waals surface area (Å²) in [6.45, 7) is 4.65. The van der Waals surface area contributed by atoms with Crippen molar-refractivity contribution in [3.8, 4) is 17.7 Å². The van der Waals surface area contributed by atoms with E-state index in [-0.39, 0.29) is 11.8 Å². The Balaban J connectivity index is 2.10. The number of H-pyrrole nitrogens is 1. The highest BCUT2D eigenvalue weighted by molar-refractivity contribution is 5.55. The summed E-state index contributed by atoms with van der Waals surface area (Å²) < 4.78 is 11.0. The lowest BCUT2D eigenvalue weighted by Gasteiger charge is -2.24. The van der Waals surface area contributed by atoms with Crippen LogP contribution in [0.2, 0.25) is 0 Å². The van der Waals surface area contributed by atoms with Crippen molar-refractivity contribution in [2.45, 2.75) is 32.6 Å². The minimum absolute atomic E-state index is 0.110. The van der Waals surface area contributed by atoms with Gasteiger partial charge in [0.25, 0.3) is 0 Å². The second kappa shape index (κ2) is 6.67. The van der Waals surface area contributed by atoms with Crippen LogP contribution in [-0.2, 0) is 6.42 Å². The Morgan fingerprint density at radius 1 is 1.33 bits per heavy atom. The molecule has 3 N–H and O–H groups in total. The summed E-state index contributed by atoms with van der Waals surface area (Å²) in [6, 6.07) is 9.91. The van der Waals surface area contributed by atoms with Crippen molar-refractivity contribution in [3.05, 3.63) is 52.5 Å². The lowest BCUT2D eigenvalue weighted by molar-refractivity contribution is 0.340. The molecule has 0 aliphatic carbocycles. The van der Waals surface area contributed by atoms with E-state index in [1.165, 1.54) is 0 Å². The lowest BCUT2D eigenvalue weighted by atomic mass is 9.83. The van der Waals surface area contributed by atoms with Gasteiger partial charge < -0.3 is 15.2 Å². The number of aryl methyl sites for hydroxylation is 1. The SMILES string of the molecule is CCCc1[nH]nc2c1C(c1ccc(OCC)cc1)C(C#N)=C(N)O2. The summed E-state index contributed by atoms with van der Waals surface area (Å²) in [5, 5.41) is 16.8. The predicted octanol–water partition coefficient (Wildman–Crippen LogP) is 2.98. The molecule has 124 valence electrons. The van der Waals surface area contributed by atoms with E-state index in [2.05, 4.69) is 23.2 Å². The summed E-state index contributed by atoms with van der Waals surface area (Å²) in [5.41, 5.74) is 9.19. The maximum atomic E-state index is 9.59. The summed E-state index contributed by atoms with van der Waals surface area (Å²) in [6.07, 6.45) is 1.80. The van der Waals surface area contributed by atoms with Gasteiger partial charge in [0.1, 0.15) is 17.4 Å². The molecular weight excluding hydrogens is 304 g/mol. The highest BCUT2D eigenvalue weighted by Gasteiger charge is 2.34. The van der Waals surface area contributed by atoms with Gasteiger partial charge in [-0.15, -0.1) is 5.10 Å². The quantitative estimate of drug-likeness (QED) is 0.881. The number of benzene rings is 1. The number of nitriles is 1. The molecule has 0 saturated carbocycles. The van der Waals surface area contributed by atoms with Crippen LogP contribution in [0.1, 0.15) is 43.0 Å². The zero-order chi connectivity index (χ0) is 17.1. The van der Waals surface area contributed by atoms with E-state index in [0.29, 0.717) is 18.1 Å². The molecule has 1 aromatic carbocycles. The van der Waals surface area contributed by atoms with Gasteiger partial charge in [-0.3, -0.25) is 5.10 Å². The van der Waals surface area contributed by atoms with Crippen LogP contribution in [0.25, 0.3) is 0 Å². The Bertz CT molecular complexity index is 799. The van der Waals surface area contributed by atoms with Crippen molar-refractivity contribution in [2.24, 2.45) is 5.73 Å². The Hall–Kier alpha value is -2.94. The van der Waals surface area contributed by atoms with Crippen molar-refractivity contribution in [3.63, 3.8) is 0 Å². The number of aromatic nitrogens is 2. The molecule has 1 unspecified atom stereocenters. The lowest BCUT2D eigenvalue weighted by Crippen LogP contribution is -2.21. The fraction of sp³-hybridized carbons (Fsp3) is 0.333. The van der Waals surface area contributed by atoms with Crippen molar-refractivity contribution in [1.82, 2.24) is 10.2 Å². The number of hydrogen-bond donors (Lipinski definition) is 2. The molecule has 6 heteroatoms. The molecule has 0 radical (unpaired) electrons. The van der Waals surface area contributed by atoms with Gasteiger partial charge in [0.15, 0.2) is 0 Å². The van der Waals surface area contributed by atoms with Crippen LogP contribution in [0.15, 0.2) is 35.7 Å². The average Bonchev–Trinajstić information content (AvgIpc) is 2.97. The fourth-order valence-corrected chi connectivity index (χ4v) is 3.01.